The second kappa shape index (κ2) is 9.13. The number of benzene rings is 1. The van der Waals surface area contributed by atoms with Crippen LogP contribution in [0.5, 0.6) is 5.75 Å². The van der Waals surface area contributed by atoms with E-state index in [1.807, 2.05) is 41.3 Å². The van der Waals surface area contributed by atoms with E-state index in [4.69, 9.17) is 4.74 Å². The normalized spacial score (nSPS) is 14.4. The molecular weight excluding hydrogens is 436 g/mol. The number of fused-ring (bicyclic) bond motifs is 1. The molecule has 1 aliphatic rings. The Kier molecular flexibility index (Phi) is 5.89. The Labute approximate surface area is 195 Å². The van der Waals surface area contributed by atoms with E-state index in [9.17, 15) is 4.79 Å². The Morgan fingerprint density at radius 2 is 1.82 bits per heavy atom. The highest BCUT2D eigenvalue weighted by Crippen LogP contribution is 2.30. The number of likely N-dealkylation sites (N-methyl/N-ethyl adjacent to an activating group) is 1. The van der Waals surface area contributed by atoms with Crippen LogP contribution in [-0.2, 0) is 0 Å². The predicted molar refractivity (Wildman–Crippen MR) is 130 cm³/mol. The molecule has 0 saturated carbocycles. The molecule has 0 atom stereocenters. The molecule has 1 saturated heterocycles. The topological polar surface area (TPSA) is 83.5 Å². The van der Waals surface area contributed by atoms with Crippen molar-refractivity contribution in [3.05, 3.63) is 59.7 Å². The molecule has 0 spiro atoms. The monoisotopic (exact) mass is 460 g/mol. The number of methoxy groups -OCH3 is 1. The second-order valence-corrected chi connectivity index (χ2v) is 9.01. The highest BCUT2D eigenvalue weighted by Gasteiger charge is 2.22. The van der Waals surface area contributed by atoms with Crippen molar-refractivity contribution in [1.82, 2.24) is 24.8 Å². The van der Waals surface area contributed by atoms with Crippen LogP contribution in [0.25, 0.3) is 21.5 Å². The fourth-order valence-corrected chi connectivity index (χ4v) is 4.77. The number of nitrogens with zero attached hydrogens (tertiary/aromatic N) is 5. The molecule has 0 radical (unpaired) electrons. The van der Waals surface area contributed by atoms with E-state index in [0.29, 0.717) is 17.3 Å². The van der Waals surface area contributed by atoms with Gasteiger partial charge in [-0.15, -0.1) is 11.3 Å². The van der Waals surface area contributed by atoms with Crippen LogP contribution in [0, 0.1) is 0 Å². The number of pyridine rings is 1. The number of carbonyl (C=O) groups is 1. The highest BCUT2D eigenvalue weighted by atomic mass is 32.1. The summed E-state index contributed by atoms with van der Waals surface area (Å²) in [7, 11) is 3.71. The molecule has 4 aromatic rings. The average Bonchev–Trinajstić information content (AvgIpc) is 3.28. The molecule has 5 rings (SSSR count). The Balaban J connectivity index is 1.35. The standard InChI is InChI=1S/C24H24N6O2S/c1-29-9-11-30(12-10-29)23(31)22-14-16-13-17(3-4-21(16)33-22)27-24-26-8-6-19(28-24)20-15-18(32-2)5-7-25-20/h3-8,13-15H,9-12H2,1-2H3,(H,26,27,28). The van der Waals surface area contributed by atoms with Crippen molar-refractivity contribution >= 4 is 39.0 Å². The number of anilines is 2. The number of thiophene rings is 1. The number of piperazine rings is 1. The number of carbonyl (C=O) groups excluding carboxylic acids is 1. The highest BCUT2D eigenvalue weighted by molar-refractivity contribution is 7.20. The Hall–Kier alpha value is -3.56. The summed E-state index contributed by atoms with van der Waals surface area (Å²) in [5.41, 5.74) is 2.26. The molecule has 168 valence electrons. The lowest BCUT2D eigenvalue weighted by molar-refractivity contribution is 0.0669. The largest absolute Gasteiger partial charge is 0.497 e. The van der Waals surface area contributed by atoms with Gasteiger partial charge in [0.25, 0.3) is 5.91 Å². The third-order valence-corrected chi connectivity index (χ3v) is 6.76. The van der Waals surface area contributed by atoms with Crippen molar-refractivity contribution in [2.24, 2.45) is 0 Å². The van der Waals surface area contributed by atoms with Gasteiger partial charge in [0.1, 0.15) is 5.75 Å². The van der Waals surface area contributed by atoms with Gasteiger partial charge in [-0.05, 0) is 48.8 Å². The van der Waals surface area contributed by atoms with Gasteiger partial charge in [0.05, 0.1) is 23.4 Å². The summed E-state index contributed by atoms with van der Waals surface area (Å²) in [4.78, 5) is 31.2. The van der Waals surface area contributed by atoms with E-state index in [-0.39, 0.29) is 5.91 Å². The summed E-state index contributed by atoms with van der Waals surface area (Å²) in [5, 5.41) is 4.29. The summed E-state index contributed by atoms with van der Waals surface area (Å²) < 4.78 is 6.36. The van der Waals surface area contributed by atoms with E-state index in [1.54, 1.807) is 25.6 Å². The number of nitrogens with one attached hydrogen (secondary N) is 1. The van der Waals surface area contributed by atoms with Gasteiger partial charge in [0.15, 0.2) is 0 Å². The van der Waals surface area contributed by atoms with Crippen LogP contribution in [-0.4, -0.2) is 71.0 Å². The first-order valence-corrected chi connectivity index (χ1v) is 11.5. The Morgan fingerprint density at radius 3 is 2.64 bits per heavy atom. The Bertz CT molecular complexity index is 1300. The molecule has 1 aliphatic heterocycles. The number of hydrogen-bond acceptors (Lipinski definition) is 8. The zero-order valence-electron chi connectivity index (χ0n) is 18.5. The van der Waals surface area contributed by atoms with Crippen LogP contribution in [0.15, 0.2) is 54.9 Å². The lowest BCUT2D eigenvalue weighted by Gasteiger charge is -2.32. The molecule has 0 aliphatic carbocycles. The van der Waals surface area contributed by atoms with Crippen molar-refractivity contribution < 1.29 is 9.53 Å². The second-order valence-electron chi connectivity index (χ2n) is 7.93. The van der Waals surface area contributed by atoms with Gasteiger partial charge >= 0.3 is 0 Å². The summed E-state index contributed by atoms with van der Waals surface area (Å²) in [6.07, 6.45) is 3.39. The minimum atomic E-state index is 0.112. The van der Waals surface area contributed by atoms with Crippen LogP contribution in [0.4, 0.5) is 11.6 Å². The first kappa shape index (κ1) is 21.3. The molecule has 1 aromatic carbocycles. The molecule has 33 heavy (non-hydrogen) atoms. The lowest BCUT2D eigenvalue weighted by Crippen LogP contribution is -2.46. The van der Waals surface area contributed by atoms with Gasteiger partial charge in [-0.3, -0.25) is 9.78 Å². The number of aromatic nitrogens is 3. The van der Waals surface area contributed by atoms with Crippen molar-refractivity contribution in [3.63, 3.8) is 0 Å². The fraction of sp³-hybridized carbons (Fsp3) is 0.250. The van der Waals surface area contributed by atoms with Crippen molar-refractivity contribution in [3.8, 4) is 17.1 Å². The van der Waals surface area contributed by atoms with E-state index >= 15 is 0 Å². The summed E-state index contributed by atoms with van der Waals surface area (Å²) in [6.45, 7) is 3.36. The minimum Gasteiger partial charge on any atom is -0.497 e. The van der Waals surface area contributed by atoms with Crippen molar-refractivity contribution in [1.29, 1.82) is 0 Å². The summed E-state index contributed by atoms with van der Waals surface area (Å²) >= 11 is 1.53. The van der Waals surface area contributed by atoms with Gasteiger partial charge in [-0.25, -0.2) is 9.97 Å². The molecule has 1 N–H and O–H groups in total. The SMILES string of the molecule is COc1ccnc(-c2ccnc(Nc3ccc4sc(C(=O)N5CCN(C)CC5)cc4c3)n2)c1. The Morgan fingerprint density at radius 1 is 1.00 bits per heavy atom. The molecule has 9 heteroatoms. The molecule has 8 nitrogen and oxygen atoms in total. The number of rotatable bonds is 5. The molecule has 0 bridgehead atoms. The molecule has 0 unspecified atom stereocenters. The van der Waals surface area contributed by atoms with Crippen LogP contribution in [0.2, 0.25) is 0 Å². The molecular formula is C24H24N6O2S. The zero-order valence-corrected chi connectivity index (χ0v) is 19.3. The minimum absolute atomic E-state index is 0.112. The third-order valence-electron chi connectivity index (χ3n) is 5.66. The van der Waals surface area contributed by atoms with Gasteiger partial charge < -0.3 is 19.9 Å². The molecule has 1 amide bonds. The molecule has 1 fully saturated rings. The zero-order chi connectivity index (χ0) is 22.8. The average molecular weight is 461 g/mol. The van der Waals surface area contributed by atoms with E-state index < -0.39 is 0 Å². The van der Waals surface area contributed by atoms with Gasteiger partial charge in [0.2, 0.25) is 5.95 Å². The lowest BCUT2D eigenvalue weighted by atomic mass is 10.2. The fourth-order valence-electron chi connectivity index (χ4n) is 3.76. The quantitative estimate of drug-likeness (QED) is 0.484. The van der Waals surface area contributed by atoms with Gasteiger partial charge in [-0.2, -0.15) is 0 Å². The first-order chi connectivity index (χ1) is 16.1. The maximum atomic E-state index is 12.9. The van der Waals surface area contributed by atoms with E-state index in [2.05, 4.69) is 32.2 Å². The van der Waals surface area contributed by atoms with Crippen LogP contribution >= 0.6 is 11.3 Å². The van der Waals surface area contributed by atoms with Gasteiger partial charge in [0, 0.05) is 55.0 Å². The first-order valence-electron chi connectivity index (χ1n) is 10.7. The third kappa shape index (κ3) is 4.64. The van der Waals surface area contributed by atoms with Crippen LogP contribution in [0.1, 0.15) is 9.67 Å². The summed E-state index contributed by atoms with van der Waals surface area (Å²) in [6, 6.07) is 13.4. The molecule has 4 heterocycles. The smallest absolute Gasteiger partial charge is 0.264 e. The number of ether oxygens (including phenoxy) is 1. The number of amides is 1. The van der Waals surface area contributed by atoms with Crippen LogP contribution < -0.4 is 10.1 Å². The van der Waals surface area contributed by atoms with Gasteiger partial charge in [-0.1, -0.05) is 0 Å². The maximum Gasteiger partial charge on any atom is 0.264 e. The predicted octanol–water partition coefficient (Wildman–Crippen LogP) is 3.89. The number of hydrogen-bond donors (Lipinski definition) is 1. The van der Waals surface area contributed by atoms with Crippen molar-refractivity contribution in [2.45, 2.75) is 0 Å². The molecule has 3 aromatic heterocycles. The van der Waals surface area contributed by atoms with E-state index in [0.717, 1.165) is 52.6 Å². The van der Waals surface area contributed by atoms with E-state index in [1.165, 1.54) is 11.3 Å². The summed E-state index contributed by atoms with van der Waals surface area (Å²) in [5.74, 6) is 1.30. The van der Waals surface area contributed by atoms with Crippen LogP contribution in [0.3, 0.4) is 0 Å². The van der Waals surface area contributed by atoms with Crippen molar-refractivity contribution in [2.75, 3.05) is 45.7 Å². The maximum absolute atomic E-state index is 12.9.